The minimum atomic E-state index is -0.333. The number of guanidine groups is 1. The minimum absolute atomic E-state index is 0. The van der Waals surface area contributed by atoms with Crippen molar-refractivity contribution < 1.29 is 14.3 Å². The first-order valence-corrected chi connectivity index (χ1v) is 11.4. The van der Waals surface area contributed by atoms with Gasteiger partial charge in [0.25, 0.3) is 0 Å². The molecule has 1 heterocycles. The number of aliphatic imine (C=N–C) groups is 1. The zero-order valence-corrected chi connectivity index (χ0v) is 22.2. The van der Waals surface area contributed by atoms with Gasteiger partial charge in [0.1, 0.15) is 12.4 Å². The molecular formula is C24H39IN4O3. The van der Waals surface area contributed by atoms with Gasteiger partial charge in [-0.15, -0.1) is 24.0 Å². The monoisotopic (exact) mass is 558 g/mol. The molecule has 32 heavy (non-hydrogen) atoms. The third kappa shape index (κ3) is 6.97. The van der Waals surface area contributed by atoms with E-state index in [-0.39, 0.29) is 41.4 Å². The molecule has 2 N–H and O–H groups in total. The number of carbonyl (C=O) groups is 1. The fourth-order valence-electron chi connectivity index (χ4n) is 4.55. The highest BCUT2D eigenvalue weighted by Crippen LogP contribution is 2.38. The lowest BCUT2D eigenvalue weighted by molar-refractivity contribution is -0.138. The number of rotatable bonds is 8. The summed E-state index contributed by atoms with van der Waals surface area (Å²) in [4.78, 5) is 18.9. The summed E-state index contributed by atoms with van der Waals surface area (Å²) in [7, 11) is 5.43. The summed E-state index contributed by atoms with van der Waals surface area (Å²) < 4.78 is 11.8. The van der Waals surface area contributed by atoms with Crippen LogP contribution in [0.1, 0.15) is 49.7 Å². The molecule has 0 radical (unpaired) electrons. The molecule has 1 saturated heterocycles. The first kappa shape index (κ1) is 26.7. The van der Waals surface area contributed by atoms with Gasteiger partial charge in [0.05, 0.1) is 11.5 Å². The molecule has 8 heteroatoms. The smallest absolute Gasteiger partial charge is 0.230 e. The molecule has 7 nitrogen and oxygen atoms in total. The van der Waals surface area contributed by atoms with Crippen molar-refractivity contribution in [3.8, 4) is 5.75 Å². The Morgan fingerprint density at radius 3 is 2.62 bits per heavy atom. The second kappa shape index (κ2) is 12.6. The summed E-state index contributed by atoms with van der Waals surface area (Å²) in [6, 6.07) is 6.26. The average Bonchev–Trinajstić information content (AvgIpc) is 3.45. The van der Waals surface area contributed by atoms with Gasteiger partial charge in [0.15, 0.2) is 5.96 Å². The Bertz CT molecular complexity index is 773. The summed E-state index contributed by atoms with van der Waals surface area (Å²) in [6.45, 7) is 4.67. The maximum absolute atomic E-state index is 12.8. The van der Waals surface area contributed by atoms with Crippen molar-refractivity contribution in [3.63, 3.8) is 0 Å². The molecule has 1 aliphatic heterocycles. The normalized spacial score (nSPS) is 19.9. The van der Waals surface area contributed by atoms with Gasteiger partial charge in [-0.05, 0) is 44.2 Å². The van der Waals surface area contributed by atoms with E-state index >= 15 is 0 Å². The number of halogens is 1. The number of ether oxygens (including phenoxy) is 2. The average molecular weight is 559 g/mol. The topological polar surface area (TPSA) is 75.2 Å². The Labute approximate surface area is 209 Å². The van der Waals surface area contributed by atoms with Crippen LogP contribution in [-0.4, -0.2) is 63.8 Å². The van der Waals surface area contributed by atoms with Crippen LogP contribution in [0, 0.1) is 12.3 Å². The largest absolute Gasteiger partial charge is 0.491 e. The van der Waals surface area contributed by atoms with Crippen LogP contribution in [0.2, 0.25) is 0 Å². The molecule has 180 valence electrons. The van der Waals surface area contributed by atoms with E-state index in [1.165, 1.54) is 5.56 Å². The van der Waals surface area contributed by atoms with Crippen molar-refractivity contribution in [1.82, 2.24) is 15.5 Å². The van der Waals surface area contributed by atoms with Crippen molar-refractivity contribution >= 4 is 35.8 Å². The first-order chi connectivity index (χ1) is 14.9. The third-order valence-corrected chi connectivity index (χ3v) is 6.36. The molecule has 1 saturated carbocycles. The predicted molar refractivity (Wildman–Crippen MR) is 139 cm³/mol. The molecule has 1 aromatic carbocycles. The highest BCUT2D eigenvalue weighted by atomic mass is 127. The number of benzene rings is 1. The maximum atomic E-state index is 12.8. The SMILES string of the molecule is CN=C(NCc1ccc(C)cc1OCC1CCCO1)NCC1(C(=O)N(C)C)CCCC1.I. The number of nitrogens with zero attached hydrogens (tertiary/aromatic N) is 2. The molecule has 0 bridgehead atoms. The number of hydrogen-bond acceptors (Lipinski definition) is 4. The fourth-order valence-corrected chi connectivity index (χ4v) is 4.55. The van der Waals surface area contributed by atoms with Gasteiger partial charge < -0.3 is 25.0 Å². The Morgan fingerprint density at radius 2 is 2.00 bits per heavy atom. The molecule has 1 unspecified atom stereocenters. The van der Waals surface area contributed by atoms with E-state index in [1.54, 1.807) is 11.9 Å². The van der Waals surface area contributed by atoms with Gasteiger partial charge in [-0.3, -0.25) is 9.79 Å². The second-order valence-corrected chi connectivity index (χ2v) is 9.02. The molecule has 2 aliphatic rings. The zero-order valence-electron chi connectivity index (χ0n) is 19.9. The number of hydrogen-bond donors (Lipinski definition) is 2. The minimum Gasteiger partial charge on any atom is -0.491 e. The zero-order chi connectivity index (χ0) is 22.3. The van der Waals surface area contributed by atoms with E-state index in [1.807, 2.05) is 14.1 Å². The number of carbonyl (C=O) groups excluding carboxylic acids is 1. The highest BCUT2D eigenvalue weighted by Gasteiger charge is 2.42. The van der Waals surface area contributed by atoms with Crippen LogP contribution in [0.15, 0.2) is 23.2 Å². The van der Waals surface area contributed by atoms with Gasteiger partial charge in [-0.2, -0.15) is 0 Å². The van der Waals surface area contributed by atoms with Crippen molar-refractivity contribution in [3.05, 3.63) is 29.3 Å². The molecule has 1 aromatic rings. The molecular weight excluding hydrogens is 519 g/mol. The van der Waals surface area contributed by atoms with Crippen LogP contribution in [0.4, 0.5) is 0 Å². The van der Waals surface area contributed by atoms with Crippen LogP contribution in [0.3, 0.4) is 0 Å². The Morgan fingerprint density at radius 1 is 1.25 bits per heavy atom. The number of aryl methyl sites for hydroxylation is 1. The van der Waals surface area contributed by atoms with Crippen molar-refractivity contribution in [2.75, 3.05) is 40.9 Å². The van der Waals surface area contributed by atoms with Gasteiger partial charge in [-0.1, -0.05) is 25.0 Å². The van der Waals surface area contributed by atoms with Gasteiger partial charge in [0.2, 0.25) is 5.91 Å². The van der Waals surface area contributed by atoms with Gasteiger partial charge in [0, 0.05) is 46.4 Å². The molecule has 0 aromatic heterocycles. The Hall–Kier alpha value is -1.55. The van der Waals surface area contributed by atoms with Gasteiger partial charge >= 0.3 is 0 Å². The second-order valence-electron chi connectivity index (χ2n) is 9.02. The summed E-state index contributed by atoms with van der Waals surface area (Å²) in [5.41, 5.74) is 1.91. The third-order valence-electron chi connectivity index (χ3n) is 6.36. The summed E-state index contributed by atoms with van der Waals surface area (Å²) in [5, 5.41) is 6.78. The lowest BCUT2D eigenvalue weighted by atomic mass is 9.84. The molecule has 0 spiro atoms. The molecule has 3 rings (SSSR count). The predicted octanol–water partition coefficient (Wildman–Crippen LogP) is 3.48. The number of nitrogens with one attached hydrogen (secondary N) is 2. The van der Waals surface area contributed by atoms with Crippen molar-refractivity contribution in [1.29, 1.82) is 0 Å². The molecule has 1 atom stereocenters. The quantitative estimate of drug-likeness (QED) is 0.291. The van der Waals surface area contributed by atoms with Crippen LogP contribution < -0.4 is 15.4 Å². The Balaban J connectivity index is 0.00000363. The van der Waals surface area contributed by atoms with Crippen LogP contribution in [-0.2, 0) is 16.1 Å². The summed E-state index contributed by atoms with van der Waals surface area (Å²) >= 11 is 0. The van der Waals surface area contributed by atoms with E-state index in [0.717, 1.165) is 56.4 Å². The van der Waals surface area contributed by atoms with Crippen LogP contribution >= 0.6 is 24.0 Å². The highest BCUT2D eigenvalue weighted by molar-refractivity contribution is 14.0. The van der Waals surface area contributed by atoms with E-state index in [2.05, 4.69) is 40.7 Å². The summed E-state index contributed by atoms with van der Waals surface area (Å²) in [6.07, 6.45) is 6.40. The maximum Gasteiger partial charge on any atom is 0.230 e. The van der Waals surface area contributed by atoms with Crippen LogP contribution in [0.5, 0.6) is 5.75 Å². The van der Waals surface area contributed by atoms with E-state index < -0.39 is 0 Å². The van der Waals surface area contributed by atoms with E-state index in [9.17, 15) is 4.79 Å². The molecule has 1 amide bonds. The standard InChI is InChI=1S/C24H38N4O3.HI/c1-18-9-10-19(21(14-18)31-16-20-8-7-13-30-20)15-26-23(25-2)27-17-24(11-5-6-12-24)22(29)28(3)4;/h9-10,14,20H,5-8,11-13,15-17H2,1-4H3,(H2,25,26,27);1H. The fraction of sp³-hybridized carbons (Fsp3) is 0.667. The lowest BCUT2D eigenvalue weighted by Gasteiger charge is -2.31. The lowest BCUT2D eigenvalue weighted by Crippen LogP contribution is -2.49. The summed E-state index contributed by atoms with van der Waals surface area (Å²) in [5.74, 6) is 1.79. The molecule has 1 aliphatic carbocycles. The van der Waals surface area contributed by atoms with Gasteiger partial charge in [-0.25, -0.2) is 0 Å². The number of amides is 1. The Kier molecular flexibility index (Phi) is 10.5. The van der Waals surface area contributed by atoms with Crippen molar-refractivity contribution in [2.45, 2.75) is 58.1 Å². The van der Waals surface area contributed by atoms with E-state index in [0.29, 0.717) is 25.7 Å². The van der Waals surface area contributed by atoms with Crippen molar-refractivity contribution in [2.24, 2.45) is 10.4 Å². The first-order valence-electron chi connectivity index (χ1n) is 11.4. The van der Waals surface area contributed by atoms with E-state index in [4.69, 9.17) is 9.47 Å². The van der Waals surface area contributed by atoms with Crippen LogP contribution in [0.25, 0.3) is 0 Å². The molecule has 2 fully saturated rings.